The smallest absolute Gasteiger partial charge is 0.115 e. The molecule has 112 valence electrons. The minimum absolute atomic E-state index is 0.108. The zero-order valence-corrected chi connectivity index (χ0v) is 12.7. The van der Waals surface area contributed by atoms with E-state index < -0.39 is 5.60 Å². The standard InChI is InChI=1S/C17H27NO2/c1-18(2)13-16(14-7-9-15(19)10-8-14)17(20)11-5-3-4-6-12-17/h7-10,16,19-20H,3-6,11-13H2,1-2H3. The van der Waals surface area contributed by atoms with E-state index in [9.17, 15) is 10.2 Å². The maximum atomic E-state index is 11.2. The maximum Gasteiger partial charge on any atom is 0.115 e. The molecule has 1 atom stereocenters. The third-order valence-corrected chi connectivity index (χ3v) is 4.46. The molecule has 3 heteroatoms. The molecule has 1 aliphatic carbocycles. The van der Waals surface area contributed by atoms with Crippen LogP contribution in [0.15, 0.2) is 24.3 Å². The van der Waals surface area contributed by atoms with Crippen molar-refractivity contribution in [2.75, 3.05) is 20.6 Å². The summed E-state index contributed by atoms with van der Waals surface area (Å²) in [6, 6.07) is 7.34. The molecule has 3 nitrogen and oxygen atoms in total. The van der Waals surface area contributed by atoms with E-state index in [4.69, 9.17) is 0 Å². The van der Waals surface area contributed by atoms with Crippen molar-refractivity contribution < 1.29 is 10.2 Å². The van der Waals surface area contributed by atoms with Crippen molar-refractivity contribution in [1.29, 1.82) is 0 Å². The molecule has 0 saturated heterocycles. The van der Waals surface area contributed by atoms with Gasteiger partial charge in [0.25, 0.3) is 0 Å². The third kappa shape index (κ3) is 3.74. The number of phenols is 1. The molecule has 0 aromatic heterocycles. The Balaban J connectivity index is 2.27. The van der Waals surface area contributed by atoms with Gasteiger partial charge in [0.05, 0.1) is 5.60 Å². The van der Waals surface area contributed by atoms with Gasteiger partial charge in [-0.3, -0.25) is 0 Å². The average Bonchev–Trinajstić information content (AvgIpc) is 2.63. The van der Waals surface area contributed by atoms with Crippen LogP contribution >= 0.6 is 0 Å². The first kappa shape index (κ1) is 15.3. The number of nitrogens with zero attached hydrogens (tertiary/aromatic N) is 1. The van der Waals surface area contributed by atoms with Gasteiger partial charge in [-0.05, 0) is 44.6 Å². The number of aromatic hydroxyl groups is 1. The first-order chi connectivity index (χ1) is 9.51. The number of likely N-dealkylation sites (N-methyl/N-ethyl adjacent to an activating group) is 1. The summed E-state index contributed by atoms with van der Waals surface area (Å²) in [6.45, 7) is 0.835. The predicted molar refractivity (Wildman–Crippen MR) is 82.1 cm³/mol. The molecule has 1 aromatic rings. The van der Waals surface area contributed by atoms with E-state index in [1.807, 2.05) is 26.2 Å². The fraction of sp³-hybridized carbons (Fsp3) is 0.647. The van der Waals surface area contributed by atoms with Crippen molar-refractivity contribution in [3.8, 4) is 5.75 Å². The zero-order valence-electron chi connectivity index (χ0n) is 12.7. The molecule has 1 saturated carbocycles. The van der Waals surface area contributed by atoms with Crippen LogP contribution in [0.4, 0.5) is 0 Å². The summed E-state index contributed by atoms with van der Waals surface area (Å²) in [5.41, 5.74) is 0.512. The van der Waals surface area contributed by atoms with Crippen molar-refractivity contribution in [3.63, 3.8) is 0 Å². The lowest BCUT2D eigenvalue weighted by Crippen LogP contribution is -2.41. The second-order valence-corrected chi connectivity index (χ2v) is 6.42. The van der Waals surface area contributed by atoms with Gasteiger partial charge in [0.15, 0.2) is 0 Å². The largest absolute Gasteiger partial charge is 0.508 e. The van der Waals surface area contributed by atoms with E-state index in [1.54, 1.807) is 12.1 Å². The van der Waals surface area contributed by atoms with Gasteiger partial charge in [0.2, 0.25) is 0 Å². The summed E-state index contributed by atoms with van der Waals surface area (Å²) < 4.78 is 0. The van der Waals surface area contributed by atoms with Gasteiger partial charge in [-0.25, -0.2) is 0 Å². The van der Waals surface area contributed by atoms with Gasteiger partial charge in [-0.1, -0.05) is 37.8 Å². The fourth-order valence-corrected chi connectivity index (χ4v) is 3.35. The van der Waals surface area contributed by atoms with Crippen LogP contribution in [0, 0.1) is 0 Å². The van der Waals surface area contributed by atoms with Crippen LogP contribution < -0.4 is 0 Å². The maximum absolute atomic E-state index is 11.2. The van der Waals surface area contributed by atoms with Crippen LogP contribution in [-0.2, 0) is 0 Å². The minimum atomic E-state index is -0.613. The van der Waals surface area contributed by atoms with E-state index in [0.717, 1.165) is 37.8 Å². The summed E-state index contributed by atoms with van der Waals surface area (Å²) in [5, 5.41) is 20.7. The molecule has 0 heterocycles. The van der Waals surface area contributed by atoms with Crippen LogP contribution in [0.1, 0.15) is 50.0 Å². The van der Waals surface area contributed by atoms with Crippen molar-refractivity contribution in [1.82, 2.24) is 4.90 Å². The summed E-state index contributed by atoms with van der Waals surface area (Å²) in [5.74, 6) is 0.390. The first-order valence-electron chi connectivity index (χ1n) is 7.67. The van der Waals surface area contributed by atoms with Crippen LogP contribution in [0.25, 0.3) is 0 Å². The topological polar surface area (TPSA) is 43.7 Å². The van der Waals surface area contributed by atoms with E-state index >= 15 is 0 Å². The lowest BCUT2D eigenvalue weighted by Gasteiger charge is -2.37. The van der Waals surface area contributed by atoms with Gasteiger partial charge in [0, 0.05) is 12.5 Å². The van der Waals surface area contributed by atoms with Crippen LogP contribution in [-0.4, -0.2) is 41.4 Å². The Kier molecular flexibility index (Phi) is 5.06. The number of hydrogen-bond donors (Lipinski definition) is 2. The highest BCUT2D eigenvalue weighted by molar-refractivity contribution is 5.30. The number of benzene rings is 1. The number of phenolic OH excluding ortho intramolecular Hbond substituents is 1. The Morgan fingerprint density at radius 1 is 1.05 bits per heavy atom. The zero-order chi connectivity index (χ0) is 14.6. The highest BCUT2D eigenvalue weighted by Crippen LogP contribution is 2.39. The molecule has 0 radical (unpaired) electrons. The quantitative estimate of drug-likeness (QED) is 0.831. The molecule has 1 unspecified atom stereocenters. The molecule has 1 aliphatic rings. The average molecular weight is 277 g/mol. The second-order valence-electron chi connectivity index (χ2n) is 6.42. The molecule has 1 aromatic carbocycles. The van der Waals surface area contributed by atoms with Gasteiger partial charge in [0.1, 0.15) is 5.75 Å². The molecular weight excluding hydrogens is 250 g/mol. The monoisotopic (exact) mass is 277 g/mol. The summed E-state index contributed by atoms with van der Waals surface area (Å²) in [6.07, 6.45) is 6.44. The van der Waals surface area contributed by atoms with Gasteiger partial charge in [-0.2, -0.15) is 0 Å². The second kappa shape index (κ2) is 6.59. The first-order valence-corrected chi connectivity index (χ1v) is 7.67. The molecule has 2 rings (SSSR count). The molecule has 1 fully saturated rings. The van der Waals surface area contributed by atoms with Crippen molar-refractivity contribution >= 4 is 0 Å². The van der Waals surface area contributed by atoms with E-state index in [0.29, 0.717) is 0 Å². The summed E-state index contributed by atoms with van der Waals surface area (Å²) in [4.78, 5) is 2.14. The van der Waals surface area contributed by atoms with E-state index in [2.05, 4.69) is 4.90 Å². The molecule has 0 spiro atoms. The van der Waals surface area contributed by atoms with Crippen molar-refractivity contribution in [2.24, 2.45) is 0 Å². The Bertz CT molecular complexity index is 406. The Hall–Kier alpha value is -1.06. The van der Waals surface area contributed by atoms with Crippen molar-refractivity contribution in [3.05, 3.63) is 29.8 Å². The fourth-order valence-electron chi connectivity index (χ4n) is 3.35. The SMILES string of the molecule is CN(C)CC(c1ccc(O)cc1)C1(O)CCCCCC1. The van der Waals surface area contributed by atoms with E-state index in [1.165, 1.54) is 12.8 Å². The number of rotatable bonds is 4. The highest BCUT2D eigenvalue weighted by Gasteiger charge is 2.37. The Morgan fingerprint density at radius 3 is 2.10 bits per heavy atom. The van der Waals surface area contributed by atoms with Crippen molar-refractivity contribution in [2.45, 2.75) is 50.0 Å². The Morgan fingerprint density at radius 2 is 1.60 bits per heavy atom. The lowest BCUT2D eigenvalue weighted by atomic mass is 9.77. The van der Waals surface area contributed by atoms with Gasteiger partial charge in [-0.15, -0.1) is 0 Å². The normalized spacial score (nSPS) is 20.6. The minimum Gasteiger partial charge on any atom is -0.508 e. The lowest BCUT2D eigenvalue weighted by molar-refractivity contribution is -0.00975. The number of hydrogen-bond acceptors (Lipinski definition) is 3. The molecule has 0 aliphatic heterocycles. The van der Waals surface area contributed by atoms with Crippen LogP contribution in [0.5, 0.6) is 5.75 Å². The van der Waals surface area contributed by atoms with Crippen LogP contribution in [0.2, 0.25) is 0 Å². The highest BCUT2D eigenvalue weighted by atomic mass is 16.3. The summed E-state index contributed by atoms with van der Waals surface area (Å²) in [7, 11) is 4.10. The van der Waals surface area contributed by atoms with Gasteiger partial charge >= 0.3 is 0 Å². The van der Waals surface area contributed by atoms with E-state index in [-0.39, 0.29) is 11.7 Å². The Labute approximate surface area is 122 Å². The predicted octanol–water partition coefficient (Wildman–Crippen LogP) is 3.12. The number of aliphatic hydroxyl groups is 1. The molecule has 0 bridgehead atoms. The summed E-state index contributed by atoms with van der Waals surface area (Å²) >= 11 is 0. The van der Waals surface area contributed by atoms with Crippen LogP contribution in [0.3, 0.4) is 0 Å². The molecule has 0 amide bonds. The third-order valence-electron chi connectivity index (χ3n) is 4.46. The molecule has 20 heavy (non-hydrogen) atoms. The van der Waals surface area contributed by atoms with Gasteiger partial charge < -0.3 is 15.1 Å². The molecule has 2 N–H and O–H groups in total. The molecular formula is C17H27NO2.